The average molecular weight is 198 g/mol. The van der Waals surface area contributed by atoms with Gasteiger partial charge in [-0.05, 0) is 12.8 Å². The van der Waals surface area contributed by atoms with E-state index in [1.54, 1.807) is 0 Å². The van der Waals surface area contributed by atoms with Crippen LogP contribution in [0.4, 0.5) is 0 Å². The zero-order valence-corrected chi connectivity index (χ0v) is 10.1. The Morgan fingerprint density at radius 1 is 0.846 bits per heavy atom. The Morgan fingerprint density at radius 2 is 1.31 bits per heavy atom. The van der Waals surface area contributed by atoms with Crippen LogP contribution in [0.1, 0.15) is 52.4 Å². The van der Waals surface area contributed by atoms with Crippen molar-refractivity contribution in [3.63, 3.8) is 0 Å². The molecule has 0 rings (SSSR count). The summed E-state index contributed by atoms with van der Waals surface area (Å²) in [5.74, 6) is 4.61. The van der Waals surface area contributed by atoms with Gasteiger partial charge in [0.05, 0.1) is 0 Å². The molecular formula is C12H23P. The second-order valence-electron chi connectivity index (χ2n) is 3.26. The minimum atomic E-state index is 0.894. The molecule has 0 aliphatic carbocycles. The van der Waals surface area contributed by atoms with Crippen molar-refractivity contribution < 1.29 is 0 Å². The maximum atomic E-state index is 2.31. The highest BCUT2D eigenvalue weighted by atomic mass is 31.1. The molecule has 1 heteroatoms. The lowest BCUT2D eigenvalue weighted by Gasteiger charge is -1.89. The number of unbranched alkanes of at least 4 members (excludes halogenated alkanes) is 4. The topological polar surface area (TPSA) is 0 Å². The minimum absolute atomic E-state index is 0.894. The van der Waals surface area contributed by atoms with Gasteiger partial charge < -0.3 is 0 Å². The summed E-state index contributed by atoms with van der Waals surface area (Å²) in [6, 6.07) is 0. The molecule has 0 aromatic rings. The lowest BCUT2D eigenvalue weighted by atomic mass is 10.2. The Kier molecular flexibility index (Phi) is 11.8. The molecule has 76 valence electrons. The second kappa shape index (κ2) is 11.9. The van der Waals surface area contributed by atoms with E-state index in [2.05, 4.69) is 37.6 Å². The molecule has 0 heterocycles. The third-order valence-corrected chi connectivity index (χ3v) is 2.73. The predicted molar refractivity (Wildman–Crippen MR) is 65.6 cm³/mol. The molecule has 0 unspecified atom stereocenters. The van der Waals surface area contributed by atoms with Crippen molar-refractivity contribution in [1.29, 1.82) is 0 Å². The Morgan fingerprint density at radius 3 is 1.69 bits per heavy atom. The summed E-state index contributed by atoms with van der Waals surface area (Å²) in [6.45, 7) is 4.47. The van der Waals surface area contributed by atoms with Gasteiger partial charge in [-0.25, -0.2) is 0 Å². The summed E-state index contributed by atoms with van der Waals surface area (Å²) in [4.78, 5) is 0. The van der Waals surface area contributed by atoms with E-state index in [0.717, 1.165) is 8.58 Å². The van der Waals surface area contributed by atoms with Crippen LogP contribution in [0, 0.1) is 0 Å². The van der Waals surface area contributed by atoms with Gasteiger partial charge in [0.15, 0.2) is 0 Å². The Bertz CT molecular complexity index is 120. The van der Waals surface area contributed by atoms with Crippen LogP contribution in [0.3, 0.4) is 0 Å². The van der Waals surface area contributed by atoms with Crippen LogP contribution in [0.5, 0.6) is 0 Å². The molecule has 0 amide bonds. The van der Waals surface area contributed by atoms with Crippen LogP contribution in [-0.2, 0) is 0 Å². The van der Waals surface area contributed by atoms with E-state index in [0.29, 0.717) is 0 Å². The molecule has 0 saturated carbocycles. The molecule has 0 aromatic heterocycles. The first-order valence-electron chi connectivity index (χ1n) is 5.47. The smallest absolute Gasteiger partial charge is 0.0347 e. The van der Waals surface area contributed by atoms with Gasteiger partial charge in [0, 0.05) is 0 Å². The Labute approximate surface area is 85.3 Å². The molecule has 0 N–H and O–H groups in total. The molecule has 0 atom stereocenters. The van der Waals surface area contributed by atoms with E-state index in [1.165, 1.54) is 38.5 Å². The fourth-order valence-corrected chi connectivity index (χ4v) is 1.72. The summed E-state index contributed by atoms with van der Waals surface area (Å²) in [6.07, 6.45) is 12.4. The lowest BCUT2D eigenvalue weighted by molar-refractivity contribution is 0.815. The molecule has 0 radical (unpaired) electrons. The molecule has 0 aliphatic rings. The van der Waals surface area contributed by atoms with Gasteiger partial charge >= 0.3 is 0 Å². The van der Waals surface area contributed by atoms with Crippen molar-refractivity contribution >= 4 is 8.58 Å². The zero-order chi connectivity index (χ0) is 9.78. The van der Waals surface area contributed by atoms with Crippen molar-refractivity contribution in [3.8, 4) is 0 Å². The van der Waals surface area contributed by atoms with Crippen LogP contribution in [0.2, 0.25) is 0 Å². The van der Waals surface area contributed by atoms with Crippen LogP contribution in [0.15, 0.2) is 23.8 Å². The Balaban J connectivity index is 3.13. The van der Waals surface area contributed by atoms with Crippen molar-refractivity contribution in [3.05, 3.63) is 23.8 Å². The molecule has 0 saturated heterocycles. The highest BCUT2D eigenvalue weighted by molar-refractivity contribution is 7.45. The maximum absolute atomic E-state index is 2.31. The predicted octanol–water partition coefficient (Wildman–Crippen LogP) is 5.07. The molecule has 0 bridgehead atoms. The summed E-state index contributed by atoms with van der Waals surface area (Å²) in [5, 5.41) is 0. The normalized spacial score (nSPS) is 12.8. The van der Waals surface area contributed by atoms with E-state index in [1.807, 2.05) is 0 Å². The first kappa shape index (κ1) is 12.9. The standard InChI is InChI=1S/C12H23P/c1-3-5-7-9-11-13-12-10-8-6-4-2/h9-13H,3-8H2,1-2H3. The lowest BCUT2D eigenvalue weighted by Crippen LogP contribution is -1.65. The van der Waals surface area contributed by atoms with E-state index in [4.69, 9.17) is 0 Å². The van der Waals surface area contributed by atoms with Gasteiger partial charge in [0.2, 0.25) is 0 Å². The van der Waals surface area contributed by atoms with Crippen molar-refractivity contribution in [1.82, 2.24) is 0 Å². The SMILES string of the molecule is CCCCC=CPC=CCCCC. The number of hydrogen-bond acceptors (Lipinski definition) is 0. The third-order valence-electron chi connectivity index (χ3n) is 1.88. The van der Waals surface area contributed by atoms with Crippen LogP contribution < -0.4 is 0 Å². The van der Waals surface area contributed by atoms with Gasteiger partial charge in [-0.1, -0.05) is 71.9 Å². The van der Waals surface area contributed by atoms with Crippen molar-refractivity contribution in [2.75, 3.05) is 0 Å². The van der Waals surface area contributed by atoms with E-state index >= 15 is 0 Å². The molecule has 0 aliphatic heterocycles. The second-order valence-corrected chi connectivity index (χ2v) is 4.26. The molecule has 13 heavy (non-hydrogen) atoms. The molecule has 0 fully saturated rings. The summed E-state index contributed by atoms with van der Waals surface area (Å²) in [5.41, 5.74) is 0. The quantitative estimate of drug-likeness (QED) is 0.377. The first-order chi connectivity index (χ1) is 6.41. The van der Waals surface area contributed by atoms with Gasteiger partial charge in [0.1, 0.15) is 0 Å². The maximum Gasteiger partial charge on any atom is -0.0347 e. The number of rotatable bonds is 8. The van der Waals surface area contributed by atoms with Crippen LogP contribution in [0.25, 0.3) is 0 Å². The summed E-state index contributed by atoms with van der Waals surface area (Å²) >= 11 is 0. The van der Waals surface area contributed by atoms with E-state index in [9.17, 15) is 0 Å². The largest absolute Gasteiger partial charge is 0.0840 e. The monoisotopic (exact) mass is 198 g/mol. The molecule has 0 aromatic carbocycles. The average Bonchev–Trinajstić information content (AvgIpc) is 2.16. The van der Waals surface area contributed by atoms with Crippen molar-refractivity contribution in [2.24, 2.45) is 0 Å². The molecule has 0 nitrogen and oxygen atoms in total. The van der Waals surface area contributed by atoms with Gasteiger partial charge in [-0.2, -0.15) is 0 Å². The van der Waals surface area contributed by atoms with Crippen molar-refractivity contribution in [2.45, 2.75) is 52.4 Å². The van der Waals surface area contributed by atoms with Gasteiger partial charge in [0.25, 0.3) is 0 Å². The minimum Gasteiger partial charge on any atom is -0.0840 e. The number of hydrogen-bond donors (Lipinski definition) is 0. The third kappa shape index (κ3) is 11.9. The van der Waals surface area contributed by atoms with Crippen LogP contribution in [-0.4, -0.2) is 0 Å². The summed E-state index contributed by atoms with van der Waals surface area (Å²) < 4.78 is 0. The zero-order valence-electron chi connectivity index (χ0n) is 9.05. The van der Waals surface area contributed by atoms with E-state index < -0.39 is 0 Å². The van der Waals surface area contributed by atoms with Crippen LogP contribution >= 0.6 is 8.58 Å². The van der Waals surface area contributed by atoms with Gasteiger partial charge in [-0.3, -0.25) is 0 Å². The van der Waals surface area contributed by atoms with E-state index in [-0.39, 0.29) is 0 Å². The highest BCUT2D eigenvalue weighted by Crippen LogP contribution is 2.15. The Hall–Kier alpha value is -0.0900. The first-order valence-corrected chi connectivity index (χ1v) is 6.63. The summed E-state index contributed by atoms with van der Waals surface area (Å²) in [7, 11) is 0.894. The van der Waals surface area contributed by atoms with Gasteiger partial charge in [-0.15, -0.1) is 0 Å². The fourth-order valence-electron chi connectivity index (χ4n) is 1.00. The number of allylic oxidation sites excluding steroid dienone is 2. The highest BCUT2D eigenvalue weighted by Gasteiger charge is 1.78. The molecular weight excluding hydrogens is 175 g/mol. The fraction of sp³-hybridized carbons (Fsp3) is 0.667. The molecule has 0 spiro atoms.